The molecule has 140 valence electrons. The van der Waals surface area contributed by atoms with Crippen molar-refractivity contribution in [2.24, 2.45) is 5.14 Å². The van der Waals surface area contributed by atoms with Crippen LogP contribution in [0.2, 0.25) is 0 Å². The quantitative estimate of drug-likeness (QED) is 0.822. The fourth-order valence-electron chi connectivity index (χ4n) is 3.19. The third kappa shape index (κ3) is 3.79. The van der Waals surface area contributed by atoms with E-state index in [2.05, 4.69) is 0 Å². The molecule has 7 heteroatoms. The van der Waals surface area contributed by atoms with E-state index >= 15 is 0 Å². The average Bonchev–Trinajstić information content (AvgIpc) is 2.86. The first-order valence-corrected chi connectivity index (χ1v) is 9.70. The van der Waals surface area contributed by atoms with Gasteiger partial charge in [-0.25, -0.2) is 13.6 Å². The number of hydrogen-bond acceptors (Lipinski definition) is 4. The predicted molar refractivity (Wildman–Crippen MR) is 104 cm³/mol. The van der Waals surface area contributed by atoms with Crippen molar-refractivity contribution in [2.45, 2.75) is 18.2 Å². The van der Waals surface area contributed by atoms with Crippen molar-refractivity contribution >= 4 is 33.2 Å². The third-order valence-corrected chi connectivity index (χ3v) is 5.48. The Morgan fingerprint density at radius 1 is 1.15 bits per heavy atom. The fourth-order valence-corrected chi connectivity index (χ4v) is 3.70. The maximum Gasteiger partial charge on any atom is 0.307 e. The van der Waals surface area contributed by atoms with E-state index in [-0.39, 0.29) is 11.3 Å². The molecule has 3 N–H and O–H groups in total. The van der Waals surface area contributed by atoms with Gasteiger partial charge in [0.1, 0.15) is 5.75 Å². The summed E-state index contributed by atoms with van der Waals surface area (Å²) >= 11 is 0. The van der Waals surface area contributed by atoms with Gasteiger partial charge < -0.3 is 9.84 Å². The molecule has 1 aliphatic rings. The Morgan fingerprint density at radius 3 is 2.37 bits per heavy atom. The van der Waals surface area contributed by atoms with Gasteiger partial charge in [0.15, 0.2) is 0 Å². The number of ether oxygens (including phenoxy) is 1. The third-order valence-electron chi connectivity index (χ3n) is 4.55. The minimum Gasteiger partial charge on any atom is -0.497 e. The van der Waals surface area contributed by atoms with Crippen LogP contribution in [-0.4, -0.2) is 26.6 Å². The van der Waals surface area contributed by atoms with Crippen LogP contribution in [0, 0.1) is 0 Å². The molecule has 0 unspecified atom stereocenters. The number of carboxylic acids is 1. The molecule has 0 radical (unpaired) electrons. The maximum atomic E-state index is 11.4. The zero-order valence-electron chi connectivity index (χ0n) is 14.9. The summed E-state index contributed by atoms with van der Waals surface area (Å²) in [6.07, 6.45) is 1.82. The van der Waals surface area contributed by atoms with Crippen LogP contribution in [0.4, 0.5) is 0 Å². The topological polar surface area (TPSA) is 107 Å². The van der Waals surface area contributed by atoms with Gasteiger partial charge in [-0.05, 0) is 70.7 Å². The molecule has 6 nitrogen and oxygen atoms in total. The number of allylic oxidation sites excluding steroid dienone is 2. The van der Waals surface area contributed by atoms with E-state index in [1.54, 1.807) is 19.2 Å². The summed E-state index contributed by atoms with van der Waals surface area (Å²) < 4.78 is 28.1. The largest absolute Gasteiger partial charge is 0.497 e. The molecule has 0 heterocycles. The standard InChI is InChI=1S/C20H19NO5S/c1-12-17(9-13-3-6-15(7-4-13)27(21,24)25)16-8-5-14(26-2)10-19(16)18(12)11-20(22)23/h3-10H,11H2,1-2H3,(H,22,23)(H2,21,24,25). The number of aliphatic carboxylic acids is 1. The molecule has 27 heavy (non-hydrogen) atoms. The number of hydrogen-bond donors (Lipinski definition) is 2. The minimum absolute atomic E-state index is 0.0417. The summed E-state index contributed by atoms with van der Waals surface area (Å²) in [5.74, 6) is -0.250. The monoisotopic (exact) mass is 385 g/mol. The summed E-state index contributed by atoms with van der Waals surface area (Å²) in [4.78, 5) is 11.3. The van der Waals surface area contributed by atoms with E-state index in [4.69, 9.17) is 9.88 Å². The van der Waals surface area contributed by atoms with E-state index in [1.807, 2.05) is 31.2 Å². The van der Waals surface area contributed by atoms with E-state index < -0.39 is 16.0 Å². The van der Waals surface area contributed by atoms with E-state index in [1.165, 1.54) is 12.1 Å². The minimum atomic E-state index is -3.75. The second kappa shape index (κ2) is 7.02. The van der Waals surface area contributed by atoms with Crippen molar-refractivity contribution in [3.05, 3.63) is 64.7 Å². The van der Waals surface area contributed by atoms with Gasteiger partial charge >= 0.3 is 5.97 Å². The Morgan fingerprint density at radius 2 is 1.81 bits per heavy atom. The molecule has 0 fully saturated rings. The second-order valence-electron chi connectivity index (χ2n) is 6.26. The first kappa shape index (κ1) is 18.9. The average molecular weight is 385 g/mol. The summed E-state index contributed by atoms with van der Waals surface area (Å²) in [6, 6.07) is 11.8. The predicted octanol–water partition coefficient (Wildman–Crippen LogP) is 3.15. The smallest absolute Gasteiger partial charge is 0.307 e. The van der Waals surface area contributed by atoms with Gasteiger partial charge in [-0.15, -0.1) is 0 Å². The molecule has 0 aromatic heterocycles. The second-order valence-corrected chi connectivity index (χ2v) is 7.82. The highest BCUT2D eigenvalue weighted by Gasteiger charge is 2.25. The highest BCUT2D eigenvalue weighted by atomic mass is 32.2. The van der Waals surface area contributed by atoms with Crippen LogP contribution in [0.1, 0.15) is 30.0 Å². The van der Waals surface area contributed by atoms with Crippen molar-refractivity contribution in [1.29, 1.82) is 0 Å². The van der Waals surface area contributed by atoms with E-state index in [0.717, 1.165) is 33.4 Å². The number of fused-ring (bicyclic) bond motifs is 1. The molecule has 0 amide bonds. The Balaban J connectivity index is 2.11. The normalized spacial score (nSPS) is 15.1. The molecule has 3 rings (SSSR count). The Kier molecular flexibility index (Phi) is 4.91. The van der Waals surface area contributed by atoms with Gasteiger partial charge in [-0.1, -0.05) is 18.2 Å². The van der Waals surface area contributed by atoms with Crippen LogP contribution < -0.4 is 9.88 Å². The number of carboxylic acid groups (broad SMARTS) is 1. The number of primary sulfonamides is 1. The van der Waals surface area contributed by atoms with Crippen molar-refractivity contribution in [3.8, 4) is 5.75 Å². The molecule has 0 atom stereocenters. The lowest BCUT2D eigenvalue weighted by Crippen LogP contribution is -2.11. The molecule has 2 aromatic rings. The Bertz CT molecular complexity index is 1080. The Labute approximate surface area is 157 Å². The summed E-state index contributed by atoms with van der Waals surface area (Å²) in [6.45, 7) is 1.88. The molecule has 1 aliphatic carbocycles. The van der Waals surface area contributed by atoms with Crippen LogP contribution in [0.5, 0.6) is 5.75 Å². The Hall–Kier alpha value is -2.90. The first-order valence-electron chi connectivity index (χ1n) is 8.16. The lowest BCUT2D eigenvalue weighted by Gasteiger charge is -2.07. The van der Waals surface area contributed by atoms with Gasteiger partial charge in [-0.2, -0.15) is 0 Å². The van der Waals surface area contributed by atoms with Crippen molar-refractivity contribution < 1.29 is 23.1 Å². The van der Waals surface area contributed by atoms with Gasteiger partial charge in [0.05, 0.1) is 18.4 Å². The lowest BCUT2D eigenvalue weighted by molar-refractivity contribution is -0.135. The van der Waals surface area contributed by atoms with Crippen LogP contribution in [0.3, 0.4) is 0 Å². The molecule has 0 spiro atoms. The lowest BCUT2D eigenvalue weighted by atomic mass is 10.0. The van der Waals surface area contributed by atoms with Crippen LogP contribution in [0.15, 0.2) is 52.9 Å². The fraction of sp³-hybridized carbons (Fsp3) is 0.150. The number of methoxy groups -OCH3 is 1. The highest BCUT2D eigenvalue weighted by molar-refractivity contribution is 7.89. The molecular weight excluding hydrogens is 366 g/mol. The number of sulfonamides is 1. The zero-order valence-corrected chi connectivity index (χ0v) is 15.7. The summed E-state index contributed by atoms with van der Waals surface area (Å²) in [5.41, 5.74) is 5.05. The molecule has 0 saturated heterocycles. The number of rotatable bonds is 5. The molecule has 0 saturated carbocycles. The van der Waals surface area contributed by atoms with Crippen molar-refractivity contribution in [2.75, 3.05) is 7.11 Å². The molecule has 0 bridgehead atoms. The molecule has 2 aromatic carbocycles. The summed E-state index contributed by atoms with van der Waals surface area (Å²) in [7, 11) is -2.18. The summed E-state index contributed by atoms with van der Waals surface area (Å²) in [5, 5.41) is 14.4. The SMILES string of the molecule is COc1ccc2c(c1)C(CC(=O)O)=C(C)C2=Cc1ccc(S(N)(=O)=O)cc1. The van der Waals surface area contributed by atoms with Gasteiger partial charge in [0.25, 0.3) is 0 Å². The van der Waals surface area contributed by atoms with Gasteiger partial charge in [0, 0.05) is 0 Å². The van der Waals surface area contributed by atoms with Crippen LogP contribution in [-0.2, 0) is 14.8 Å². The zero-order chi connectivity index (χ0) is 19.8. The van der Waals surface area contributed by atoms with Gasteiger partial charge in [-0.3, -0.25) is 4.79 Å². The molecule has 0 aliphatic heterocycles. The van der Waals surface area contributed by atoms with Crippen LogP contribution >= 0.6 is 0 Å². The number of nitrogens with two attached hydrogens (primary N) is 1. The van der Waals surface area contributed by atoms with Crippen LogP contribution in [0.25, 0.3) is 17.2 Å². The highest BCUT2D eigenvalue weighted by Crippen LogP contribution is 2.44. The maximum absolute atomic E-state index is 11.4. The van der Waals surface area contributed by atoms with Crippen molar-refractivity contribution in [3.63, 3.8) is 0 Å². The van der Waals surface area contributed by atoms with Gasteiger partial charge in [0.2, 0.25) is 10.0 Å². The first-order chi connectivity index (χ1) is 12.7. The number of benzene rings is 2. The van der Waals surface area contributed by atoms with E-state index in [0.29, 0.717) is 5.75 Å². The molecular formula is C20H19NO5S. The van der Waals surface area contributed by atoms with E-state index in [9.17, 15) is 18.3 Å². The van der Waals surface area contributed by atoms with Crippen molar-refractivity contribution in [1.82, 2.24) is 0 Å². The number of carbonyl (C=O) groups is 1.